The third kappa shape index (κ3) is 5.59. The highest BCUT2D eigenvalue weighted by Gasteiger charge is 2.11. The summed E-state index contributed by atoms with van der Waals surface area (Å²) in [7, 11) is 0. The summed E-state index contributed by atoms with van der Waals surface area (Å²) in [5.74, 6) is 2.74. The van der Waals surface area contributed by atoms with Crippen LogP contribution in [0.5, 0.6) is 11.5 Å². The largest absolute Gasteiger partial charge is 0.457 e. The van der Waals surface area contributed by atoms with Gasteiger partial charge in [-0.2, -0.15) is 5.10 Å². The van der Waals surface area contributed by atoms with Gasteiger partial charge in [-0.3, -0.25) is 0 Å². The van der Waals surface area contributed by atoms with Gasteiger partial charge in [0.05, 0.1) is 11.7 Å². The number of aryl methyl sites for hydroxylation is 1. The summed E-state index contributed by atoms with van der Waals surface area (Å²) in [4.78, 5) is 10.9. The molecule has 1 saturated heterocycles. The molecule has 0 saturated carbocycles. The van der Waals surface area contributed by atoms with Gasteiger partial charge in [0.2, 0.25) is 5.96 Å². The topological polar surface area (TPSA) is 113 Å². The van der Waals surface area contributed by atoms with Gasteiger partial charge in [0, 0.05) is 37.3 Å². The predicted molar refractivity (Wildman–Crippen MR) is 144 cm³/mol. The Balaban J connectivity index is 1.33. The zero-order valence-corrected chi connectivity index (χ0v) is 20.1. The van der Waals surface area contributed by atoms with Crippen LogP contribution in [0, 0.1) is 6.92 Å². The molecule has 1 aliphatic rings. The number of fused-ring (bicyclic) bond motifs is 1. The lowest BCUT2D eigenvalue weighted by Gasteiger charge is -2.27. The van der Waals surface area contributed by atoms with Crippen molar-refractivity contribution in [3.63, 3.8) is 0 Å². The molecule has 182 valence electrons. The number of piperazine rings is 1. The minimum atomic E-state index is 0.425. The number of para-hydroxylation sites is 1. The molecule has 0 spiro atoms. The van der Waals surface area contributed by atoms with Crippen LogP contribution in [0.1, 0.15) is 11.1 Å². The highest BCUT2D eigenvalue weighted by atomic mass is 16.5. The second-order valence-electron chi connectivity index (χ2n) is 8.46. The van der Waals surface area contributed by atoms with Gasteiger partial charge in [0.15, 0.2) is 0 Å². The summed E-state index contributed by atoms with van der Waals surface area (Å²) in [6, 6.07) is 21.6. The van der Waals surface area contributed by atoms with Crippen molar-refractivity contribution in [3.05, 3.63) is 84.2 Å². The summed E-state index contributed by atoms with van der Waals surface area (Å²) < 4.78 is 6.00. The van der Waals surface area contributed by atoms with Crippen molar-refractivity contribution in [1.82, 2.24) is 20.2 Å². The van der Waals surface area contributed by atoms with Crippen molar-refractivity contribution < 1.29 is 4.74 Å². The van der Waals surface area contributed by atoms with E-state index in [4.69, 9.17) is 10.5 Å². The maximum absolute atomic E-state index is 6.07. The van der Waals surface area contributed by atoms with Crippen LogP contribution < -0.4 is 21.1 Å². The smallest absolute Gasteiger partial charge is 0.216 e. The number of hydrogen-bond donors (Lipinski definition) is 3. The molecular formula is C27H28N8O. The molecule has 9 nitrogen and oxygen atoms in total. The molecule has 0 aliphatic carbocycles. The minimum Gasteiger partial charge on any atom is -0.457 e. The molecule has 1 fully saturated rings. The Morgan fingerprint density at radius 1 is 1.06 bits per heavy atom. The van der Waals surface area contributed by atoms with Crippen molar-refractivity contribution in [2.45, 2.75) is 6.92 Å². The number of hydrogen-bond acceptors (Lipinski definition) is 7. The monoisotopic (exact) mass is 480 g/mol. The molecule has 3 aromatic carbocycles. The molecule has 4 N–H and O–H groups in total. The summed E-state index contributed by atoms with van der Waals surface area (Å²) >= 11 is 0. The SMILES string of the molecule is Cc1cc(Nc2ncnc3ccc(C=NN=C(N)N4CCNCC4)cc23)ccc1Oc1ccccc1. The highest BCUT2D eigenvalue weighted by molar-refractivity contribution is 5.95. The van der Waals surface area contributed by atoms with Gasteiger partial charge >= 0.3 is 0 Å². The fraction of sp³-hybridized carbons (Fsp3) is 0.185. The van der Waals surface area contributed by atoms with E-state index in [0.717, 1.165) is 65.4 Å². The van der Waals surface area contributed by atoms with Crippen LogP contribution in [0.25, 0.3) is 10.9 Å². The van der Waals surface area contributed by atoms with Gasteiger partial charge in [0.1, 0.15) is 23.6 Å². The minimum absolute atomic E-state index is 0.425. The molecule has 36 heavy (non-hydrogen) atoms. The Morgan fingerprint density at radius 2 is 1.89 bits per heavy atom. The summed E-state index contributed by atoms with van der Waals surface area (Å²) in [6.07, 6.45) is 3.24. The number of benzene rings is 3. The van der Waals surface area contributed by atoms with E-state index in [9.17, 15) is 0 Å². The molecule has 0 unspecified atom stereocenters. The van der Waals surface area contributed by atoms with Crippen LogP contribution >= 0.6 is 0 Å². The van der Waals surface area contributed by atoms with Crippen LogP contribution in [0.2, 0.25) is 0 Å². The first kappa shape index (κ1) is 23.3. The Bertz CT molecular complexity index is 1400. The Kier molecular flexibility index (Phi) is 7.00. The Morgan fingerprint density at radius 3 is 2.69 bits per heavy atom. The van der Waals surface area contributed by atoms with E-state index in [-0.39, 0.29) is 0 Å². The van der Waals surface area contributed by atoms with Gasteiger partial charge in [0.25, 0.3) is 0 Å². The van der Waals surface area contributed by atoms with Gasteiger partial charge < -0.3 is 26.0 Å². The molecule has 0 atom stereocenters. The molecule has 4 aromatic rings. The second kappa shape index (κ2) is 10.8. The van der Waals surface area contributed by atoms with Crippen molar-refractivity contribution in [2.75, 3.05) is 31.5 Å². The van der Waals surface area contributed by atoms with Crippen molar-refractivity contribution >= 4 is 34.6 Å². The van der Waals surface area contributed by atoms with Crippen LogP contribution in [0.4, 0.5) is 11.5 Å². The van der Waals surface area contributed by atoms with Crippen molar-refractivity contribution in [1.29, 1.82) is 0 Å². The molecule has 1 aliphatic heterocycles. The van der Waals surface area contributed by atoms with Crippen LogP contribution in [0.3, 0.4) is 0 Å². The van der Waals surface area contributed by atoms with E-state index >= 15 is 0 Å². The van der Waals surface area contributed by atoms with Gasteiger partial charge in [-0.05, 0) is 60.5 Å². The first-order chi connectivity index (χ1) is 17.7. The molecule has 9 heteroatoms. The second-order valence-corrected chi connectivity index (χ2v) is 8.46. The first-order valence-corrected chi connectivity index (χ1v) is 11.8. The number of aromatic nitrogens is 2. The quantitative estimate of drug-likeness (QED) is 0.217. The summed E-state index contributed by atoms with van der Waals surface area (Å²) in [5.41, 5.74) is 9.69. The molecule has 0 bridgehead atoms. The van der Waals surface area contributed by atoms with E-state index < -0.39 is 0 Å². The number of guanidine groups is 1. The lowest BCUT2D eigenvalue weighted by molar-refractivity contribution is 0.353. The van der Waals surface area contributed by atoms with Gasteiger partial charge in [-0.25, -0.2) is 9.97 Å². The van der Waals surface area contributed by atoms with E-state index in [1.165, 1.54) is 0 Å². The Hall–Kier alpha value is -4.50. The van der Waals surface area contributed by atoms with Crippen LogP contribution in [-0.4, -0.2) is 53.2 Å². The Labute approximate surface area is 209 Å². The highest BCUT2D eigenvalue weighted by Crippen LogP contribution is 2.29. The molecule has 5 rings (SSSR count). The fourth-order valence-electron chi connectivity index (χ4n) is 3.96. The molecule has 0 radical (unpaired) electrons. The first-order valence-electron chi connectivity index (χ1n) is 11.8. The van der Waals surface area contributed by atoms with E-state index in [1.54, 1.807) is 12.5 Å². The van der Waals surface area contributed by atoms with Crippen LogP contribution in [-0.2, 0) is 0 Å². The van der Waals surface area contributed by atoms with E-state index in [2.05, 4.69) is 30.8 Å². The molecule has 2 heterocycles. The lowest BCUT2D eigenvalue weighted by atomic mass is 10.1. The van der Waals surface area contributed by atoms with Crippen molar-refractivity contribution in [3.8, 4) is 11.5 Å². The van der Waals surface area contributed by atoms with Crippen molar-refractivity contribution in [2.24, 2.45) is 15.9 Å². The molecular weight excluding hydrogens is 452 g/mol. The maximum Gasteiger partial charge on any atom is 0.216 e. The number of ether oxygens (including phenoxy) is 1. The third-order valence-corrected chi connectivity index (χ3v) is 5.88. The normalized spacial score (nSPS) is 14.4. The zero-order valence-electron chi connectivity index (χ0n) is 20.1. The average molecular weight is 481 g/mol. The molecule has 1 aromatic heterocycles. The average Bonchev–Trinajstić information content (AvgIpc) is 2.91. The summed E-state index contributed by atoms with van der Waals surface area (Å²) in [6.45, 7) is 5.45. The number of nitrogens with one attached hydrogen (secondary N) is 2. The fourth-order valence-corrected chi connectivity index (χ4v) is 3.96. The van der Waals surface area contributed by atoms with Gasteiger partial charge in [-0.15, -0.1) is 5.10 Å². The predicted octanol–water partition coefficient (Wildman–Crippen LogP) is 4.03. The van der Waals surface area contributed by atoms with Gasteiger partial charge in [-0.1, -0.05) is 24.3 Å². The maximum atomic E-state index is 6.07. The number of anilines is 2. The number of nitrogens with zero attached hydrogens (tertiary/aromatic N) is 5. The van der Waals surface area contributed by atoms with Crippen LogP contribution in [0.15, 0.2) is 83.3 Å². The molecule has 0 amide bonds. The lowest BCUT2D eigenvalue weighted by Crippen LogP contribution is -2.49. The zero-order chi connectivity index (χ0) is 24.7. The number of rotatable bonds is 6. The van der Waals surface area contributed by atoms with E-state index in [1.807, 2.05) is 78.6 Å². The number of nitrogens with two attached hydrogens (primary N) is 1. The summed E-state index contributed by atoms with van der Waals surface area (Å²) in [5, 5.41) is 15.9. The standard InChI is InChI=1S/C27H28N8O/c1-19-15-21(8-10-25(19)36-22-5-3-2-4-6-22)33-26-23-16-20(7-9-24(23)30-18-31-26)17-32-34-27(28)35-13-11-29-12-14-35/h2-10,15-18,29H,11-14H2,1H3,(H2,28,34)(H,30,31,33). The van der Waals surface area contributed by atoms with E-state index in [0.29, 0.717) is 11.8 Å². The third-order valence-electron chi connectivity index (χ3n) is 5.88.